The van der Waals surface area contributed by atoms with E-state index in [0.717, 1.165) is 4.68 Å². The van der Waals surface area contributed by atoms with E-state index in [4.69, 9.17) is 4.74 Å². The van der Waals surface area contributed by atoms with Crippen molar-refractivity contribution in [1.82, 2.24) is 30.0 Å². The van der Waals surface area contributed by atoms with Gasteiger partial charge in [0.05, 0.1) is 17.8 Å². The van der Waals surface area contributed by atoms with E-state index >= 15 is 0 Å². The van der Waals surface area contributed by atoms with Gasteiger partial charge >= 0.3 is 12.2 Å². The van der Waals surface area contributed by atoms with Crippen LogP contribution in [0.3, 0.4) is 0 Å². The monoisotopic (exact) mass is 354 g/mol. The third-order valence-electron chi connectivity index (χ3n) is 3.16. The average molecular weight is 354 g/mol. The molecule has 0 aromatic carbocycles. The van der Waals surface area contributed by atoms with Crippen molar-refractivity contribution in [2.45, 2.75) is 13.1 Å². The lowest BCUT2D eigenvalue weighted by Gasteiger charge is -2.07. The van der Waals surface area contributed by atoms with Crippen LogP contribution in [-0.2, 0) is 0 Å². The first kappa shape index (κ1) is 16.7. The molecule has 8 nitrogen and oxygen atoms in total. The Hall–Kier alpha value is -3.11. The minimum atomic E-state index is -4.49. The molecule has 0 bridgehead atoms. The van der Waals surface area contributed by atoms with Gasteiger partial charge < -0.3 is 15.0 Å². The molecule has 0 radical (unpaired) electrons. The van der Waals surface area contributed by atoms with E-state index < -0.39 is 18.8 Å². The summed E-state index contributed by atoms with van der Waals surface area (Å²) >= 11 is 0. The van der Waals surface area contributed by atoms with E-state index in [1.165, 1.54) is 18.5 Å². The molecule has 25 heavy (non-hydrogen) atoms. The number of fused-ring (bicyclic) bond motifs is 1. The first-order valence-corrected chi connectivity index (χ1v) is 7.26. The van der Waals surface area contributed by atoms with E-state index in [-0.39, 0.29) is 0 Å². The molecule has 0 aliphatic rings. The molecule has 0 fully saturated rings. The maximum Gasteiger partial charge on any atom is 0.405 e. The Kier molecular flexibility index (Phi) is 4.30. The van der Waals surface area contributed by atoms with Crippen LogP contribution in [0.25, 0.3) is 22.4 Å². The second-order valence-electron chi connectivity index (χ2n) is 4.95. The number of ether oxygens (including phenoxy) is 1. The number of H-pyrrole nitrogens is 1. The molecule has 0 unspecified atom stereocenters. The van der Waals surface area contributed by atoms with Crippen molar-refractivity contribution in [2.24, 2.45) is 0 Å². The van der Waals surface area contributed by atoms with E-state index in [1.54, 1.807) is 11.4 Å². The number of carbonyl (C=O) groups excluding carboxylic acids is 1. The quantitative estimate of drug-likeness (QED) is 0.749. The Morgan fingerprint density at radius 3 is 2.92 bits per heavy atom. The highest BCUT2D eigenvalue weighted by Crippen LogP contribution is 2.26. The summed E-state index contributed by atoms with van der Waals surface area (Å²) in [7, 11) is 0. The molecular formula is C14H13F3N6O2. The number of pyridine rings is 1. The summed E-state index contributed by atoms with van der Waals surface area (Å²) in [4.78, 5) is 22.9. The molecule has 3 rings (SSSR count). The fraction of sp³-hybridized carbons (Fsp3) is 0.286. The third kappa shape index (κ3) is 3.70. The number of rotatable bonds is 4. The number of amides is 1. The minimum absolute atomic E-state index is 0.291. The van der Waals surface area contributed by atoms with Crippen molar-refractivity contribution in [3.63, 3.8) is 0 Å². The minimum Gasteiger partial charge on any atom is -0.465 e. The van der Waals surface area contributed by atoms with Crippen molar-refractivity contribution >= 4 is 17.2 Å². The summed E-state index contributed by atoms with van der Waals surface area (Å²) in [5.41, 5.74) is 1.91. The summed E-state index contributed by atoms with van der Waals surface area (Å²) in [6, 6.07) is 2.47. The lowest BCUT2D eigenvalue weighted by molar-refractivity contribution is -0.122. The zero-order valence-corrected chi connectivity index (χ0v) is 13.0. The first-order chi connectivity index (χ1) is 11.9. The fourth-order valence-corrected chi connectivity index (χ4v) is 2.15. The first-order valence-electron chi connectivity index (χ1n) is 7.26. The Balaban J connectivity index is 1.87. The predicted molar refractivity (Wildman–Crippen MR) is 81.1 cm³/mol. The smallest absolute Gasteiger partial charge is 0.405 e. The number of hydrogen-bond donors (Lipinski definition) is 2. The van der Waals surface area contributed by atoms with Crippen LogP contribution < -0.4 is 10.1 Å². The van der Waals surface area contributed by atoms with Crippen LogP contribution in [0.2, 0.25) is 0 Å². The number of hydrogen-bond acceptors (Lipinski definition) is 5. The lowest BCUT2D eigenvalue weighted by atomic mass is 10.2. The van der Waals surface area contributed by atoms with Gasteiger partial charge in [0.1, 0.15) is 6.54 Å². The molecule has 0 aliphatic heterocycles. The second kappa shape index (κ2) is 6.42. The van der Waals surface area contributed by atoms with Gasteiger partial charge in [-0.05, 0) is 19.1 Å². The molecule has 11 heteroatoms. The largest absolute Gasteiger partial charge is 0.465 e. The van der Waals surface area contributed by atoms with Crippen LogP contribution >= 0.6 is 0 Å². The van der Waals surface area contributed by atoms with Gasteiger partial charge in [0.2, 0.25) is 0 Å². The average Bonchev–Trinajstić information content (AvgIpc) is 3.18. The number of aromatic nitrogens is 5. The van der Waals surface area contributed by atoms with Crippen molar-refractivity contribution in [3.05, 3.63) is 24.5 Å². The van der Waals surface area contributed by atoms with Crippen molar-refractivity contribution in [2.75, 3.05) is 13.2 Å². The summed E-state index contributed by atoms with van der Waals surface area (Å²) < 4.78 is 42.6. The van der Waals surface area contributed by atoms with Gasteiger partial charge in [0, 0.05) is 18.0 Å². The van der Waals surface area contributed by atoms with E-state index in [0.29, 0.717) is 35.0 Å². The number of alkyl halides is 3. The van der Waals surface area contributed by atoms with Crippen LogP contribution in [0.1, 0.15) is 6.92 Å². The second-order valence-corrected chi connectivity index (χ2v) is 4.95. The van der Waals surface area contributed by atoms with E-state index in [9.17, 15) is 18.0 Å². The standard InChI is InChI=1S/C14H13F3N6O2/c1-2-25-12-20-10-8(3-5-18-11(10)21-12)9-4-6-23(22-9)13(24)19-7-14(15,16)17/h3-6H,2,7H2,1H3,(H,19,24)(H,18,20,21). The molecular weight excluding hydrogens is 341 g/mol. The van der Waals surface area contributed by atoms with Crippen LogP contribution in [0.5, 0.6) is 6.01 Å². The Labute approximate surface area is 139 Å². The maximum absolute atomic E-state index is 12.2. The van der Waals surface area contributed by atoms with Gasteiger partial charge in [-0.2, -0.15) is 27.9 Å². The van der Waals surface area contributed by atoms with Crippen molar-refractivity contribution < 1.29 is 22.7 Å². The Morgan fingerprint density at radius 2 is 2.20 bits per heavy atom. The molecule has 132 valence electrons. The number of carbonyl (C=O) groups is 1. The highest BCUT2D eigenvalue weighted by molar-refractivity contribution is 5.89. The zero-order valence-electron chi connectivity index (χ0n) is 13.0. The van der Waals surface area contributed by atoms with Crippen LogP contribution in [0.4, 0.5) is 18.0 Å². The highest BCUT2D eigenvalue weighted by Gasteiger charge is 2.28. The number of nitrogens with zero attached hydrogens (tertiary/aromatic N) is 4. The van der Waals surface area contributed by atoms with Gasteiger partial charge in [-0.3, -0.25) is 0 Å². The summed E-state index contributed by atoms with van der Waals surface area (Å²) in [6.45, 7) is 0.796. The predicted octanol–water partition coefficient (Wildman–Crippen LogP) is 2.34. The van der Waals surface area contributed by atoms with Crippen LogP contribution in [0, 0.1) is 0 Å². The van der Waals surface area contributed by atoms with Gasteiger partial charge in [0.25, 0.3) is 6.01 Å². The van der Waals surface area contributed by atoms with Gasteiger partial charge in [0.15, 0.2) is 5.65 Å². The lowest BCUT2D eigenvalue weighted by Crippen LogP contribution is -2.36. The van der Waals surface area contributed by atoms with Gasteiger partial charge in [-0.25, -0.2) is 9.78 Å². The molecule has 0 saturated carbocycles. The molecule has 2 N–H and O–H groups in total. The molecule has 0 spiro atoms. The highest BCUT2D eigenvalue weighted by atomic mass is 19.4. The molecule has 3 heterocycles. The Bertz CT molecular complexity index is 901. The van der Waals surface area contributed by atoms with Crippen molar-refractivity contribution in [3.8, 4) is 17.3 Å². The SMILES string of the molecule is CCOc1nc2nccc(-c3ccn(C(=O)NCC(F)(F)F)n3)c2[nH]1. The molecule has 3 aromatic rings. The molecule has 3 aromatic heterocycles. The zero-order chi connectivity index (χ0) is 18.0. The maximum atomic E-state index is 12.2. The molecule has 0 saturated heterocycles. The molecule has 0 aliphatic carbocycles. The molecule has 1 amide bonds. The summed E-state index contributed by atoms with van der Waals surface area (Å²) in [5, 5.41) is 5.75. The van der Waals surface area contributed by atoms with Crippen LogP contribution in [-0.4, -0.2) is 50.1 Å². The van der Waals surface area contributed by atoms with E-state index in [1.807, 2.05) is 6.92 Å². The number of aromatic amines is 1. The molecule has 0 atom stereocenters. The summed E-state index contributed by atoms with van der Waals surface area (Å²) in [6.07, 6.45) is -1.71. The van der Waals surface area contributed by atoms with E-state index in [2.05, 4.69) is 20.1 Å². The number of imidazole rings is 1. The summed E-state index contributed by atoms with van der Waals surface area (Å²) in [5.74, 6) is 0. The number of halogens is 3. The van der Waals surface area contributed by atoms with Crippen LogP contribution in [0.15, 0.2) is 24.5 Å². The third-order valence-corrected chi connectivity index (χ3v) is 3.16. The van der Waals surface area contributed by atoms with Crippen molar-refractivity contribution in [1.29, 1.82) is 0 Å². The topological polar surface area (TPSA) is 97.7 Å². The van der Waals surface area contributed by atoms with Gasteiger partial charge in [-0.1, -0.05) is 0 Å². The van der Waals surface area contributed by atoms with Gasteiger partial charge in [-0.15, -0.1) is 0 Å². The Morgan fingerprint density at radius 1 is 1.40 bits per heavy atom. The normalized spacial score (nSPS) is 11.7. The number of nitrogens with one attached hydrogen (secondary N) is 2. The fourth-order valence-electron chi connectivity index (χ4n) is 2.15.